The van der Waals surface area contributed by atoms with Crippen LogP contribution in [0, 0.1) is 12.3 Å². The van der Waals surface area contributed by atoms with Crippen molar-refractivity contribution in [2.24, 2.45) is 5.92 Å². The number of pyridine rings is 1. The number of fused-ring (bicyclic) bond motifs is 1. The number of aromatic nitrogens is 1. The third kappa shape index (κ3) is 3.59. The molecule has 0 bridgehead atoms. The maximum atomic E-state index is 5.89. The molecule has 1 aliphatic carbocycles. The van der Waals surface area contributed by atoms with Gasteiger partial charge in [-0.3, -0.25) is 0 Å². The Kier molecular flexibility index (Phi) is 4.46. The summed E-state index contributed by atoms with van der Waals surface area (Å²) in [4.78, 5) is 4.65. The van der Waals surface area contributed by atoms with Crippen LogP contribution in [-0.2, 0) is 6.61 Å². The van der Waals surface area contributed by atoms with E-state index in [0.29, 0.717) is 6.61 Å². The van der Waals surface area contributed by atoms with Gasteiger partial charge in [-0.1, -0.05) is 49.2 Å². The smallest absolute Gasteiger partial charge is 0.130 e. The standard InChI is InChI=1S/C22H22NO/c1-2-6-17(5-1)15-18-9-13-21(14-10-18)24-16-20-12-11-19-7-3-4-8-22(19)23-20/h3-4,7-15,17H,1-2,5-6,16H2. The van der Waals surface area contributed by atoms with Gasteiger partial charge in [-0.15, -0.1) is 0 Å². The van der Waals surface area contributed by atoms with Gasteiger partial charge in [0.1, 0.15) is 12.4 Å². The Labute approximate surface area is 143 Å². The van der Waals surface area contributed by atoms with E-state index in [0.717, 1.165) is 28.3 Å². The van der Waals surface area contributed by atoms with Crippen LogP contribution in [-0.4, -0.2) is 4.98 Å². The minimum absolute atomic E-state index is 0.497. The van der Waals surface area contributed by atoms with Crippen LogP contribution in [0.1, 0.15) is 36.9 Å². The van der Waals surface area contributed by atoms with Crippen LogP contribution >= 0.6 is 0 Å². The molecule has 121 valence electrons. The van der Waals surface area contributed by atoms with Crippen LogP contribution in [0.5, 0.6) is 5.75 Å². The largest absolute Gasteiger partial charge is 0.487 e. The molecule has 0 saturated heterocycles. The molecule has 0 atom stereocenters. The zero-order valence-electron chi connectivity index (χ0n) is 13.8. The second-order valence-electron chi connectivity index (χ2n) is 6.56. The summed E-state index contributed by atoms with van der Waals surface area (Å²) in [5, 5.41) is 1.16. The number of nitrogens with zero attached hydrogens (tertiary/aromatic N) is 1. The molecule has 1 aromatic heterocycles. The molecule has 0 amide bonds. The second-order valence-corrected chi connectivity index (χ2v) is 6.56. The van der Waals surface area contributed by atoms with E-state index in [2.05, 4.69) is 47.8 Å². The second kappa shape index (κ2) is 7.04. The average molecular weight is 316 g/mol. The van der Waals surface area contributed by atoms with Crippen LogP contribution in [0.4, 0.5) is 0 Å². The van der Waals surface area contributed by atoms with Crippen LogP contribution in [0.15, 0.2) is 60.7 Å². The highest BCUT2D eigenvalue weighted by Gasteiger charge is 2.15. The van der Waals surface area contributed by atoms with Gasteiger partial charge in [0.05, 0.1) is 11.2 Å². The number of para-hydroxylation sites is 1. The molecule has 1 aliphatic rings. The van der Waals surface area contributed by atoms with E-state index in [9.17, 15) is 0 Å². The maximum absolute atomic E-state index is 5.89. The van der Waals surface area contributed by atoms with E-state index in [1.807, 2.05) is 24.3 Å². The summed E-state index contributed by atoms with van der Waals surface area (Å²) in [6.07, 6.45) is 7.83. The van der Waals surface area contributed by atoms with Crippen molar-refractivity contribution in [3.05, 3.63) is 78.3 Å². The van der Waals surface area contributed by atoms with Crippen LogP contribution in [0.25, 0.3) is 10.9 Å². The molecule has 3 aromatic rings. The lowest BCUT2D eigenvalue weighted by Gasteiger charge is -2.10. The van der Waals surface area contributed by atoms with E-state index in [1.165, 1.54) is 31.2 Å². The molecule has 2 aromatic carbocycles. The van der Waals surface area contributed by atoms with Crippen molar-refractivity contribution >= 4 is 10.9 Å². The topological polar surface area (TPSA) is 22.1 Å². The van der Waals surface area contributed by atoms with Gasteiger partial charge in [-0.2, -0.15) is 0 Å². The van der Waals surface area contributed by atoms with Gasteiger partial charge in [-0.05, 0) is 55.0 Å². The molecule has 0 spiro atoms. The lowest BCUT2D eigenvalue weighted by Crippen LogP contribution is -1.99. The van der Waals surface area contributed by atoms with Crippen molar-refractivity contribution in [2.75, 3.05) is 0 Å². The Morgan fingerprint density at radius 3 is 2.54 bits per heavy atom. The fourth-order valence-corrected chi connectivity index (χ4v) is 3.42. The fourth-order valence-electron chi connectivity index (χ4n) is 3.42. The SMILES string of the molecule is [CH](c1ccc(OCc2ccc3ccccc3n2)cc1)C1CCCC1. The summed E-state index contributed by atoms with van der Waals surface area (Å²) in [5.41, 5.74) is 3.27. The summed E-state index contributed by atoms with van der Waals surface area (Å²) in [6.45, 7) is 0.497. The van der Waals surface area contributed by atoms with Crippen molar-refractivity contribution in [2.45, 2.75) is 32.3 Å². The van der Waals surface area contributed by atoms with Gasteiger partial charge in [0.2, 0.25) is 0 Å². The summed E-state index contributed by atoms with van der Waals surface area (Å²) in [6, 6.07) is 20.7. The monoisotopic (exact) mass is 316 g/mol. The third-order valence-corrected chi connectivity index (χ3v) is 4.75. The highest BCUT2D eigenvalue weighted by Crippen LogP contribution is 2.30. The molecular formula is C22H22NO. The highest BCUT2D eigenvalue weighted by atomic mass is 16.5. The van der Waals surface area contributed by atoms with Gasteiger partial charge in [0.25, 0.3) is 0 Å². The fraction of sp³-hybridized carbons (Fsp3) is 0.273. The predicted molar refractivity (Wildman–Crippen MR) is 97.9 cm³/mol. The van der Waals surface area contributed by atoms with E-state index in [4.69, 9.17) is 4.74 Å². The first-order valence-electron chi connectivity index (χ1n) is 8.79. The molecule has 4 rings (SSSR count). The Morgan fingerprint density at radius 2 is 1.71 bits per heavy atom. The number of hydrogen-bond donors (Lipinski definition) is 0. The Bertz CT molecular complexity index is 804. The number of ether oxygens (including phenoxy) is 1. The van der Waals surface area contributed by atoms with Crippen LogP contribution in [0.3, 0.4) is 0 Å². The van der Waals surface area contributed by atoms with E-state index < -0.39 is 0 Å². The molecule has 1 saturated carbocycles. The van der Waals surface area contributed by atoms with Crippen molar-refractivity contribution < 1.29 is 4.74 Å². The van der Waals surface area contributed by atoms with Gasteiger partial charge < -0.3 is 4.74 Å². The molecule has 1 heterocycles. The molecule has 24 heavy (non-hydrogen) atoms. The number of benzene rings is 2. The van der Waals surface area contributed by atoms with Gasteiger partial charge >= 0.3 is 0 Å². The zero-order valence-corrected chi connectivity index (χ0v) is 13.8. The van der Waals surface area contributed by atoms with Crippen molar-refractivity contribution in [3.8, 4) is 5.75 Å². The zero-order chi connectivity index (χ0) is 16.2. The maximum Gasteiger partial charge on any atom is 0.130 e. The number of rotatable bonds is 5. The minimum Gasteiger partial charge on any atom is -0.487 e. The first kappa shape index (κ1) is 15.2. The van der Waals surface area contributed by atoms with Crippen molar-refractivity contribution in [3.63, 3.8) is 0 Å². The quantitative estimate of drug-likeness (QED) is 0.615. The lowest BCUT2D eigenvalue weighted by atomic mass is 9.98. The summed E-state index contributed by atoms with van der Waals surface area (Å²) >= 11 is 0. The summed E-state index contributed by atoms with van der Waals surface area (Å²) in [7, 11) is 0. The van der Waals surface area contributed by atoms with E-state index in [-0.39, 0.29) is 0 Å². The third-order valence-electron chi connectivity index (χ3n) is 4.75. The molecule has 1 fully saturated rings. The molecule has 0 N–H and O–H groups in total. The van der Waals surface area contributed by atoms with Crippen molar-refractivity contribution in [1.82, 2.24) is 4.98 Å². The van der Waals surface area contributed by atoms with Gasteiger partial charge in [-0.25, -0.2) is 4.98 Å². The van der Waals surface area contributed by atoms with Crippen LogP contribution < -0.4 is 4.74 Å². The molecular weight excluding hydrogens is 294 g/mol. The first-order chi connectivity index (χ1) is 11.9. The normalized spacial score (nSPS) is 15.0. The Morgan fingerprint density at radius 1 is 0.917 bits per heavy atom. The molecule has 2 heteroatoms. The minimum atomic E-state index is 0.497. The first-order valence-corrected chi connectivity index (χ1v) is 8.79. The predicted octanol–water partition coefficient (Wildman–Crippen LogP) is 5.56. The Balaban J connectivity index is 1.37. The van der Waals surface area contributed by atoms with Crippen molar-refractivity contribution in [1.29, 1.82) is 0 Å². The molecule has 0 aliphatic heterocycles. The lowest BCUT2D eigenvalue weighted by molar-refractivity contribution is 0.302. The Hall–Kier alpha value is -2.35. The highest BCUT2D eigenvalue weighted by molar-refractivity contribution is 5.78. The summed E-state index contributed by atoms with van der Waals surface area (Å²) < 4.78 is 5.89. The molecule has 1 radical (unpaired) electrons. The average Bonchev–Trinajstić information content (AvgIpc) is 3.14. The van der Waals surface area contributed by atoms with E-state index in [1.54, 1.807) is 0 Å². The molecule has 2 nitrogen and oxygen atoms in total. The summed E-state index contributed by atoms with van der Waals surface area (Å²) in [5.74, 6) is 1.66. The van der Waals surface area contributed by atoms with E-state index >= 15 is 0 Å². The van der Waals surface area contributed by atoms with Gasteiger partial charge in [0.15, 0.2) is 0 Å². The van der Waals surface area contributed by atoms with Gasteiger partial charge in [0, 0.05) is 5.39 Å². The number of hydrogen-bond acceptors (Lipinski definition) is 2. The van der Waals surface area contributed by atoms with Crippen LogP contribution in [0.2, 0.25) is 0 Å². The molecule has 0 unspecified atom stereocenters.